The minimum Gasteiger partial charge on any atom is -0.371 e. The highest BCUT2D eigenvalue weighted by Crippen LogP contribution is 2.25. The monoisotopic (exact) mass is 135 g/mol. The zero-order valence-electron chi connectivity index (χ0n) is 6.16. The van der Waals surface area contributed by atoms with Crippen LogP contribution >= 0.6 is 0 Å². The summed E-state index contributed by atoms with van der Waals surface area (Å²) >= 11 is 0. The molecule has 0 aromatic heterocycles. The average molecular weight is 135 g/mol. The average Bonchev–Trinajstić information content (AvgIpc) is 1.86. The Morgan fingerprint density at radius 2 is 2.10 bits per heavy atom. The molecule has 1 heterocycles. The van der Waals surface area contributed by atoms with Gasteiger partial charge in [-0.3, -0.25) is 0 Å². The number of rotatable bonds is 1. The fourth-order valence-corrected chi connectivity index (χ4v) is 1.47. The molecular weight excluding hydrogens is 122 g/mol. The van der Waals surface area contributed by atoms with Gasteiger partial charge < -0.3 is 4.90 Å². The maximum absolute atomic E-state index is 2.43. The van der Waals surface area contributed by atoms with E-state index in [0.29, 0.717) is 0 Å². The van der Waals surface area contributed by atoms with Gasteiger partial charge in [0.25, 0.3) is 0 Å². The fourth-order valence-electron chi connectivity index (χ4n) is 1.47. The summed E-state index contributed by atoms with van der Waals surface area (Å²) in [5.41, 5.74) is 0. The predicted octanol–water partition coefficient (Wildman–Crippen LogP) is 1.92. The number of allylic oxidation sites excluding steroid dienone is 2. The molecule has 1 aliphatic heterocycles. The molecule has 0 amide bonds. The van der Waals surface area contributed by atoms with Crippen molar-refractivity contribution in [3.8, 4) is 0 Å². The van der Waals surface area contributed by atoms with Gasteiger partial charge in [-0.2, -0.15) is 0 Å². The molecule has 0 bridgehead atoms. The second-order valence-corrected chi connectivity index (χ2v) is 3.05. The summed E-state index contributed by atoms with van der Waals surface area (Å²) in [4.78, 5) is 2.43. The smallest absolute Gasteiger partial charge is 0.0360 e. The highest BCUT2D eigenvalue weighted by atomic mass is 15.1. The summed E-state index contributed by atoms with van der Waals surface area (Å²) in [5.74, 6) is 0. The third kappa shape index (κ3) is 0.962. The molecular formula is C9H13N. The van der Waals surface area contributed by atoms with Crippen LogP contribution in [0.15, 0.2) is 24.4 Å². The van der Waals surface area contributed by atoms with Crippen LogP contribution in [0.5, 0.6) is 0 Å². The van der Waals surface area contributed by atoms with Crippen LogP contribution in [0.4, 0.5) is 0 Å². The molecule has 2 rings (SSSR count). The van der Waals surface area contributed by atoms with E-state index in [1.807, 2.05) is 0 Å². The Kier molecular flexibility index (Phi) is 1.50. The van der Waals surface area contributed by atoms with Gasteiger partial charge in [0.05, 0.1) is 0 Å². The Morgan fingerprint density at radius 3 is 2.60 bits per heavy atom. The Morgan fingerprint density at radius 1 is 1.20 bits per heavy atom. The first-order valence-electron chi connectivity index (χ1n) is 4.06. The zero-order valence-corrected chi connectivity index (χ0v) is 6.16. The van der Waals surface area contributed by atoms with Crippen molar-refractivity contribution in [1.29, 1.82) is 0 Å². The molecule has 0 N–H and O–H groups in total. The van der Waals surface area contributed by atoms with E-state index < -0.39 is 0 Å². The molecule has 0 saturated heterocycles. The van der Waals surface area contributed by atoms with E-state index in [0.717, 1.165) is 12.6 Å². The molecule has 0 radical (unpaired) electrons. The summed E-state index contributed by atoms with van der Waals surface area (Å²) in [7, 11) is 0. The van der Waals surface area contributed by atoms with E-state index in [4.69, 9.17) is 0 Å². The zero-order chi connectivity index (χ0) is 6.81. The largest absolute Gasteiger partial charge is 0.371 e. The van der Waals surface area contributed by atoms with Gasteiger partial charge in [0.2, 0.25) is 0 Å². The van der Waals surface area contributed by atoms with Crippen molar-refractivity contribution in [2.24, 2.45) is 0 Å². The van der Waals surface area contributed by atoms with Gasteiger partial charge in [0.15, 0.2) is 0 Å². The first kappa shape index (κ1) is 6.02. The lowest BCUT2D eigenvalue weighted by Gasteiger charge is -2.37. The quantitative estimate of drug-likeness (QED) is 0.531. The highest BCUT2D eigenvalue weighted by Gasteiger charge is 2.21. The van der Waals surface area contributed by atoms with Crippen molar-refractivity contribution in [3.05, 3.63) is 24.4 Å². The second-order valence-electron chi connectivity index (χ2n) is 3.05. The van der Waals surface area contributed by atoms with E-state index >= 15 is 0 Å². The van der Waals surface area contributed by atoms with Gasteiger partial charge >= 0.3 is 0 Å². The standard InChI is InChI=1S/C9H13N/c1-2-7-10(8-3-1)9-5-4-6-9/h1-3,7,9H,4-6,8H2. The summed E-state index contributed by atoms with van der Waals surface area (Å²) < 4.78 is 0. The van der Waals surface area contributed by atoms with Crippen LogP contribution in [-0.2, 0) is 0 Å². The summed E-state index contributed by atoms with van der Waals surface area (Å²) in [6, 6.07) is 0.862. The Bertz CT molecular complexity index is 166. The fraction of sp³-hybridized carbons (Fsp3) is 0.556. The molecule has 10 heavy (non-hydrogen) atoms. The minimum absolute atomic E-state index is 0.862. The van der Waals surface area contributed by atoms with Gasteiger partial charge in [-0.1, -0.05) is 12.2 Å². The van der Waals surface area contributed by atoms with Crippen molar-refractivity contribution < 1.29 is 0 Å². The van der Waals surface area contributed by atoms with E-state index in [9.17, 15) is 0 Å². The van der Waals surface area contributed by atoms with Crippen molar-refractivity contribution in [3.63, 3.8) is 0 Å². The van der Waals surface area contributed by atoms with Gasteiger partial charge in [0, 0.05) is 12.6 Å². The summed E-state index contributed by atoms with van der Waals surface area (Å²) in [5, 5.41) is 0. The van der Waals surface area contributed by atoms with E-state index in [-0.39, 0.29) is 0 Å². The maximum Gasteiger partial charge on any atom is 0.0360 e. The molecule has 1 fully saturated rings. The van der Waals surface area contributed by atoms with Crippen LogP contribution < -0.4 is 0 Å². The van der Waals surface area contributed by atoms with E-state index in [2.05, 4.69) is 29.3 Å². The number of hydrogen-bond acceptors (Lipinski definition) is 1. The second kappa shape index (κ2) is 2.49. The minimum atomic E-state index is 0.862. The molecule has 1 heteroatoms. The molecule has 2 aliphatic rings. The van der Waals surface area contributed by atoms with Crippen LogP contribution in [0.1, 0.15) is 19.3 Å². The Labute approximate surface area is 62.0 Å². The van der Waals surface area contributed by atoms with Crippen molar-refractivity contribution in [2.75, 3.05) is 6.54 Å². The Balaban J connectivity index is 1.92. The van der Waals surface area contributed by atoms with Crippen LogP contribution in [0.2, 0.25) is 0 Å². The highest BCUT2D eigenvalue weighted by molar-refractivity contribution is 5.10. The van der Waals surface area contributed by atoms with Crippen molar-refractivity contribution in [2.45, 2.75) is 25.3 Å². The maximum atomic E-state index is 2.43. The predicted molar refractivity (Wildman–Crippen MR) is 42.6 cm³/mol. The normalized spacial score (nSPS) is 25.0. The van der Waals surface area contributed by atoms with Crippen molar-refractivity contribution in [1.82, 2.24) is 4.90 Å². The molecule has 1 saturated carbocycles. The molecule has 1 aliphatic carbocycles. The van der Waals surface area contributed by atoms with Crippen LogP contribution in [0, 0.1) is 0 Å². The molecule has 1 nitrogen and oxygen atoms in total. The first-order chi connectivity index (χ1) is 4.97. The number of nitrogens with zero attached hydrogens (tertiary/aromatic N) is 1. The molecule has 0 aromatic carbocycles. The van der Waals surface area contributed by atoms with E-state index in [1.54, 1.807) is 0 Å². The van der Waals surface area contributed by atoms with Crippen LogP contribution in [0.25, 0.3) is 0 Å². The van der Waals surface area contributed by atoms with Crippen molar-refractivity contribution >= 4 is 0 Å². The lowest BCUT2D eigenvalue weighted by Crippen LogP contribution is -2.36. The lowest BCUT2D eigenvalue weighted by molar-refractivity contribution is 0.198. The van der Waals surface area contributed by atoms with E-state index in [1.165, 1.54) is 19.3 Å². The molecule has 0 unspecified atom stereocenters. The van der Waals surface area contributed by atoms with Crippen LogP contribution in [0.3, 0.4) is 0 Å². The van der Waals surface area contributed by atoms with Crippen LogP contribution in [-0.4, -0.2) is 17.5 Å². The van der Waals surface area contributed by atoms with Gasteiger partial charge in [-0.25, -0.2) is 0 Å². The van der Waals surface area contributed by atoms with Gasteiger partial charge in [-0.15, -0.1) is 0 Å². The lowest BCUT2D eigenvalue weighted by atomic mass is 9.91. The SMILES string of the molecule is C1=CCN(C2CCC2)C=C1. The molecule has 54 valence electrons. The molecule has 0 atom stereocenters. The molecule has 0 aromatic rings. The first-order valence-corrected chi connectivity index (χ1v) is 4.06. The third-order valence-corrected chi connectivity index (χ3v) is 2.38. The summed E-state index contributed by atoms with van der Waals surface area (Å²) in [6.45, 7) is 1.13. The third-order valence-electron chi connectivity index (χ3n) is 2.38. The van der Waals surface area contributed by atoms with Gasteiger partial charge in [0.1, 0.15) is 0 Å². The Hall–Kier alpha value is -0.720. The number of hydrogen-bond donors (Lipinski definition) is 0. The van der Waals surface area contributed by atoms with Gasteiger partial charge in [-0.05, 0) is 31.5 Å². The summed E-state index contributed by atoms with van der Waals surface area (Å²) in [6.07, 6.45) is 12.9. The molecule has 0 spiro atoms. The topological polar surface area (TPSA) is 3.24 Å².